The zero-order valence-corrected chi connectivity index (χ0v) is 15.4. The number of hydrogen-bond acceptors (Lipinski definition) is 3. The van der Waals surface area contributed by atoms with Gasteiger partial charge in [-0.15, -0.1) is 0 Å². The number of benzene rings is 1. The number of amides is 1. The Morgan fingerprint density at radius 3 is 2.81 bits per heavy atom. The van der Waals surface area contributed by atoms with Crippen LogP contribution in [0.4, 0.5) is 0 Å². The smallest absolute Gasteiger partial charge is 0.248 e. The number of ether oxygens (including phenoxy) is 1. The Kier molecular flexibility index (Phi) is 5.07. The van der Waals surface area contributed by atoms with E-state index in [0.717, 1.165) is 45.2 Å². The van der Waals surface area contributed by atoms with Gasteiger partial charge in [0.15, 0.2) is 0 Å². The quantitative estimate of drug-likeness (QED) is 0.846. The Morgan fingerprint density at radius 2 is 2.04 bits per heavy atom. The van der Waals surface area contributed by atoms with Crippen LogP contribution in [-0.4, -0.2) is 40.1 Å². The molecule has 2 aliphatic rings. The van der Waals surface area contributed by atoms with E-state index in [1.807, 2.05) is 17.4 Å². The van der Waals surface area contributed by atoms with E-state index in [4.69, 9.17) is 4.74 Å². The number of likely N-dealkylation sites (tertiary alicyclic amines) is 1. The first kappa shape index (κ1) is 17.3. The molecule has 5 nitrogen and oxygen atoms in total. The summed E-state index contributed by atoms with van der Waals surface area (Å²) >= 11 is 0. The highest BCUT2D eigenvalue weighted by molar-refractivity contribution is 5.77. The molecule has 1 aliphatic heterocycles. The number of imidazole rings is 1. The Morgan fingerprint density at radius 1 is 1.23 bits per heavy atom. The topological polar surface area (TPSA) is 47.4 Å². The molecule has 0 radical (unpaired) electrons. The molecule has 1 aliphatic carbocycles. The summed E-state index contributed by atoms with van der Waals surface area (Å²) in [5, 5.41) is 0. The molecule has 138 valence electrons. The summed E-state index contributed by atoms with van der Waals surface area (Å²) in [6.45, 7) is 3.87. The number of rotatable bonds is 4. The lowest BCUT2D eigenvalue weighted by Crippen LogP contribution is -2.41. The minimum absolute atomic E-state index is 0.0648. The van der Waals surface area contributed by atoms with Gasteiger partial charge in [0.1, 0.15) is 6.61 Å². The third-order valence-corrected chi connectivity index (χ3v) is 5.79. The molecule has 1 amide bonds. The van der Waals surface area contributed by atoms with Crippen LogP contribution in [0.3, 0.4) is 0 Å². The van der Waals surface area contributed by atoms with Gasteiger partial charge < -0.3 is 14.2 Å². The van der Waals surface area contributed by atoms with E-state index in [2.05, 4.69) is 40.7 Å². The third-order valence-electron chi connectivity index (χ3n) is 5.79. The molecule has 4 rings (SSSR count). The van der Waals surface area contributed by atoms with Gasteiger partial charge in [0.25, 0.3) is 0 Å². The zero-order valence-electron chi connectivity index (χ0n) is 15.4. The van der Waals surface area contributed by atoms with Crippen molar-refractivity contribution in [1.29, 1.82) is 0 Å². The van der Waals surface area contributed by atoms with Crippen molar-refractivity contribution in [3.8, 4) is 0 Å². The molecule has 0 bridgehead atoms. The van der Waals surface area contributed by atoms with E-state index in [1.54, 1.807) is 0 Å². The average Bonchev–Trinajstić information content (AvgIpc) is 3.12. The molecule has 0 spiro atoms. The standard InChI is InChI=1S/C21H27N3O2/c1-16-13-22-15-24(16)18-9-11-23(12-10-18)21(25)14-26-20-8-4-6-17-5-2-3-7-19(17)20/h2-3,5,7,13,15,18,20H,4,6,8-12,14H2,1H3. The fraction of sp³-hybridized carbons (Fsp3) is 0.524. The van der Waals surface area contributed by atoms with Crippen molar-refractivity contribution in [1.82, 2.24) is 14.5 Å². The fourth-order valence-corrected chi connectivity index (χ4v) is 4.29. The highest BCUT2D eigenvalue weighted by atomic mass is 16.5. The summed E-state index contributed by atoms with van der Waals surface area (Å²) in [7, 11) is 0. The molecule has 1 aromatic heterocycles. The second-order valence-corrected chi connectivity index (χ2v) is 7.44. The number of piperidine rings is 1. The van der Waals surface area contributed by atoms with Crippen molar-refractivity contribution in [2.75, 3.05) is 19.7 Å². The summed E-state index contributed by atoms with van der Waals surface area (Å²) in [5.74, 6) is 0.119. The minimum atomic E-state index is 0.0648. The molecule has 0 N–H and O–H groups in total. The SMILES string of the molecule is Cc1cncn1C1CCN(C(=O)COC2CCCc3ccccc32)CC1. The van der Waals surface area contributed by atoms with Crippen molar-refractivity contribution in [3.05, 3.63) is 53.6 Å². The first-order valence-corrected chi connectivity index (χ1v) is 9.68. The molecule has 5 heteroatoms. The fourth-order valence-electron chi connectivity index (χ4n) is 4.29. The minimum Gasteiger partial charge on any atom is -0.364 e. The summed E-state index contributed by atoms with van der Waals surface area (Å²) in [6, 6.07) is 8.91. The van der Waals surface area contributed by atoms with E-state index in [-0.39, 0.29) is 18.6 Å². The largest absolute Gasteiger partial charge is 0.364 e. The number of aromatic nitrogens is 2. The van der Waals surface area contributed by atoms with Crippen LogP contribution in [-0.2, 0) is 16.0 Å². The number of nitrogens with zero attached hydrogens (tertiary/aromatic N) is 3. The molecule has 1 unspecified atom stereocenters. The molecule has 1 aromatic carbocycles. The van der Waals surface area contributed by atoms with Crippen molar-refractivity contribution in [2.45, 2.75) is 51.2 Å². The molecule has 1 saturated heterocycles. The Balaban J connectivity index is 1.29. The lowest BCUT2D eigenvalue weighted by Gasteiger charge is -2.33. The number of carbonyl (C=O) groups is 1. The first-order valence-electron chi connectivity index (χ1n) is 9.68. The lowest BCUT2D eigenvalue weighted by molar-refractivity contribution is -0.140. The van der Waals surface area contributed by atoms with Crippen molar-refractivity contribution in [3.63, 3.8) is 0 Å². The van der Waals surface area contributed by atoms with Crippen LogP contribution in [0, 0.1) is 6.92 Å². The summed E-state index contributed by atoms with van der Waals surface area (Å²) < 4.78 is 8.27. The van der Waals surface area contributed by atoms with E-state index in [9.17, 15) is 4.79 Å². The van der Waals surface area contributed by atoms with Gasteiger partial charge in [-0.2, -0.15) is 0 Å². The second-order valence-electron chi connectivity index (χ2n) is 7.44. The lowest BCUT2D eigenvalue weighted by atomic mass is 9.89. The molecule has 2 aromatic rings. The van der Waals surface area contributed by atoms with Gasteiger partial charge in [-0.3, -0.25) is 4.79 Å². The average molecular weight is 353 g/mol. The number of hydrogen-bond donors (Lipinski definition) is 0. The predicted molar refractivity (Wildman–Crippen MR) is 99.9 cm³/mol. The third kappa shape index (κ3) is 3.54. The second kappa shape index (κ2) is 7.62. The van der Waals surface area contributed by atoms with E-state index in [0.29, 0.717) is 6.04 Å². The van der Waals surface area contributed by atoms with Crippen LogP contribution in [0.15, 0.2) is 36.8 Å². The summed E-state index contributed by atoms with van der Waals surface area (Å²) in [4.78, 5) is 18.8. The maximum absolute atomic E-state index is 12.6. The van der Waals surface area contributed by atoms with Crippen molar-refractivity contribution >= 4 is 5.91 Å². The van der Waals surface area contributed by atoms with Crippen LogP contribution in [0.5, 0.6) is 0 Å². The highest BCUT2D eigenvalue weighted by Gasteiger charge is 2.26. The molecule has 26 heavy (non-hydrogen) atoms. The monoisotopic (exact) mass is 353 g/mol. The van der Waals surface area contributed by atoms with Crippen LogP contribution in [0.2, 0.25) is 0 Å². The highest BCUT2D eigenvalue weighted by Crippen LogP contribution is 2.32. The first-order chi connectivity index (χ1) is 12.7. The van der Waals surface area contributed by atoms with Gasteiger partial charge in [-0.1, -0.05) is 24.3 Å². The number of carbonyl (C=O) groups excluding carboxylic acids is 1. The number of fused-ring (bicyclic) bond motifs is 1. The molecule has 0 saturated carbocycles. The van der Waals surface area contributed by atoms with Crippen LogP contribution in [0.25, 0.3) is 0 Å². The Hall–Kier alpha value is -2.14. The Labute approximate surface area is 155 Å². The van der Waals surface area contributed by atoms with Crippen molar-refractivity contribution < 1.29 is 9.53 Å². The maximum Gasteiger partial charge on any atom is 0.248 e. The van der Waals surface area contributed by atoms with Gasteiger partial charge in [0.05, 0.1) is 12.4 Å². The molecular formula is C21H27N3O2. The van der Waals surface area contributed by atoms with E-state index >= 15 is 0 Å². The van der Waals surface area contributed by atoms with E-state index < -0.39 is 0 Å². The predicted octanol–water partition coefficient (Wildman–Crippen LogP) is 3.45. The maximum atomic E-state index is 12.6. The summed E-state index contributed by atoms with van der Waals surface area (Å²) in [6.07, 6.45) is 9.08. The van der Waals surface area contributed by atoms with Crippen LogP contribution in [0.1, 0.15) is 54.6 Å². The van der Waals surface area contributed by atoms with Crippen molar-refractivity contribution in [2.24, 2.45) is 0 Å². The normalized spacial score (nSPS) is 20.8. The zero-order chi connectivity index (χ0) is 17.9. The van der Waals surface area contributed by atoms with Gasteiger partial charge in [0, 0.05) is 31.0 Å². The van der Waals surface area contributed by atoms with Gasteiger partial charge in [-0.05, 0) is 50.2 Å². The summed E-state index contributed by atoms with van der Waals surface area (Å²) in [5.41, 5.74) is 3.82. The van der Waals surface area contributed by atoms with Gasteiger partial charge in [0.2, 0.25) is 5.91 Å². The Bertz CT molecular complexity index is 762. The van der Waals surface area contributed by atoms with Gasteiger partial charge in [-0.25, -0.2) is 4.98 Å². The molecule has 1 fully saturated rings. The molecule has 1 atom stereocenters. The van der Waals surface area contributed by atoms with Crippen LogP contribution >= 0.6 is 0 Å². The molecular weight excluding hydrogens is 326 g/mol. The molecule has 2 heterocycles. The van der Waals surface area contributed by atoms with Gasteiger partial charge >= 0.3 is 0 Å². The van der Waals surface area contributed by atoms with E-state index in [1.165, 1.54) is 16.8 Å². The van der Waals surface area contributed by atoms with Crippen LogP contribution < -0.4 is 0 Å². The number of aryl methyl sites for hydroxylation is 2.